The van der Waals surface area contributed by atoms with E-state index in [1.165, 1.54) is 6.07 Å². The van der Waals surface area contributed by atoms with Crippen LogP contribution in [0, 0.1) is 5.82 Å². The molecule has 100 valence electrons. The van der Waals surface area contributed by atoms with E-state index in [0.29, 0.717) is 10.6 Å². The molecule has 1 rings (SSSR count). The van der Waals surface area contributed by atoms with Crippen LogP contribution in [0.2, 0.25) is 5.02 Å². The van der Waals surface area contributed by atoms with E-state index in [4.69, 9.17) is 11.6 Å². The second-order valence-electron chi connectivity index (χ2n) is 4.48. The molecular weight excluding hydrogens is 249 g/mol. The zero-order valence-corrected chi connectivity index (χ0v) is 11.9. The normalized spacial score (nSPS) is 12.4. The largest absolute Gasteiger partial charge is 0.310 e. The molecule has 0 fully saturated rings. The maximum absolute atomic E-state index is 13.9. The fourth-order valence-electron chi connectivity index (χ4n) is 1.83. The molecule has 0 heterocycles. The van der Waals surface area contributed by atoms with Crippen LogP contribution in [-0.4, -0.2) is 6.54 Å². The lowest BCUT2D eigenvalue weighted by Gasteiger charge is -2.20. The SMILES string of the molecule is C=C(CC)CC(NCCC)c1ccc(Cl)cc1F. The number of benzene rings is 1. The van der Waals surface area contributed by atoms with Gasteiger partial charge in [0.05, 0.1) is 0 Å². The predicted octanol–water partition coefficient (Wildman–Crippen LogP) is 4.88. The molecule has 1 aromatic carbocycles. The number of hydrogen-bond acceptors (Lipinski definition) is 1. The first kappa shape index (κ1) is 15.2. The van der Waals surface area contributed by atoms with Gasteiger partial charge in [-0.2, -0.15) is 0 Å². The summed E-state index contributed by atoms with van der Waals surface area (Å²) in [6.07, 6.45) is 2.69. The molecule has 0 aliphatic heterocycles. The van der Waals surface area contributed by atoms with Crippen molar-refractivity contribution < 1.29 is 4.39 Å². The number of rotatable bonds is 7. The Morgan fingerprint density at radius 2 is 2.17 bits per heavy atom. The molecule has 1 atom stereocenters. The Kier molecular flexibility index (Phi) is 6.37. The van der Waals surface area contributed by atoms with Gasteiger partial charge >= 0.3 is 0 Å². The van der Waals surface area contributed by atoms with Crippen LogP contribution < -0.4 is 5.32 Å². The van der Waals surface area contributed by atoms with Crippen molar-refractivity contribution >= 4 is 11.6 Å². The Hall–Kier alpha value is -0.860. The molecule has 0 spiro atoms. The third-order valence-electron chi connectivity index (χ3n) is 2.97. The minimum absolute atomic E-state index is 0.0188. The first-order valence-electron chi connectivity index (χ1n) is 6.43. The maximum atomic E-state index is 13.9. The molecule has 1 nitrogen and oxygen atoms in total. The molecule has 0 radical (unpaired) electrons. The Balaban J connectivity index is 2.89. The lowest BCUT2D eigenvalue weighted by atomic mass is 9.98. The molecule has 0 saturated heterocycles. The van der Waals surface area contributed by atoms with Gasteiger partial charge in [-0.1, -0.05) is 43.7 Å². The van der Waals surface area contributed by atoms with Gasteiger partial charge in [-0.05, 0) is 37.9 Å². The molecule has 3 heteroatoms. The lowest BCUT2D eigenvalue weighted by molar-refractivity contribution is 0.493. The standard InChI is InChI=1S/C15H21ClFN/c1-4-8-18-15(9-11(3)5-2)13-7-6-12(16)10-14(13)17/h6-7,10,15,18H,3-5,8-9H2,1-2H3. The van der Waals surface area contributed by atoms with Crippen molar-refractivity contribution in [2.45, 2.75) is 39.2 Å². The fraction of sp³-hybridized carbons (Fsp3) is 0.467. The molecule has 1 aromatic rings. The summed E-state index contributed by atoms with van der Waals surface area (Å²) in [4.78, 5) is 0. The van der Waals surface area contributed by atoms with Gasteiger partial charge < -0.3 is 5.32 Å². The Bertz CT molecular complexity index is 403. The summed E-state index contributed by atoms with van der Waals surface area (Å²) in [7, 11) is 0. The number of nitrogens with one attached hydrogen (secondary N) is 1. The quantitative estimate of drug-likeness (QED) is 0.696. The predicted molar refractivity (Wildman–Crippen MR) is 76.5 cm³/mol. The highest BCUT2D eigenvalue weighted by molar-refractivity contribution is 6.30. The van der Waals surface area contributed by atoms with Crippen LogP contribution >= 0.6 is 11.6 Å². The molecule has 0 amide bonds. The smallest absolute Gasteiger partial charge is 0.129 e. The zero-order chi connectivity index (χ0) is 13.5. The van der Waals surface area contributed by atoms with Gasteiger partial charge in [-0.3, -0.25) is 0 Å². The van der Waals surface area contributed by atoms with Gasteiger partial charge in [0.1, 0.15) is 5.82 Å². The van der Waals surface area contributed by atoms with Crippen LogP contribution in [0.3, 0.4) is 0 Å². The first-order valence-corrected chi connectivity index (χ1v) is 6.81. The lowest BCUT2D eigenvalue weighted by Crippen LogP contribution is -2.23. The Morgan fingerprint density at radius 1 is 1.44 bits per heavy atom. The number of hydrogen-bond donors (Lipinski definition) is 1. The molecule has 0 bridgehead atoms. The third-order valence-corrected chi connectivity index (χ3v) is 3.21. The van der Waals surface area contributed by atoms with E-state index in [0.717, 1.165) is 31.4 Å². The van der Waals surface area contributed by atoms with Crippen molar-refractivity contribution in [3.63, 3.8) is 0 Å². The highest BCUT2D eigenvalue weighted by Crippen LogP contribution is 2.26. The second kappa shape index (κ2) is 7.55. The maximum Gasteiger partial charge on any atom is 0.129 e. The fourth-order valence-corrected chi connectivity index (χ4v) is 1.99. The van der Waals surface area contributed by atoms with E-state index in [-0.39, 0.29) is 11.9 Å². The van der Waals surface area contributed by atoms with Gasteiger partial charge in [0.15, 0.2) is 0 Å². The molecule has 0 aliphatic carbocycles. The Labute approximate surface area is 114 Å². The Morgan fingerprint density at radius 3 is 2.72 bits per heavy atom. The van der Waals surface area contributed by atoms with Crippen molar-refractivity contribution in [2.24, 2.45) is 0 Å². The minimum Gasteiger partial charge on any atom is -0.310 e. The minimum atomic E-state index is -0.250. The van der Waals surface area contributed by atoms with E-state index in [1.54, 1.807) is 12.1 Å². The molecule has 0 saturated carbocycles. The van der Waals surface area contributed by atoms with Crippen molar-refractivity contribution in [3.05, 3.63) is 46.8 Å². The van der Waals surface area contributed by atoms with Crippen LogP contribution in [0.4, 0.5) is 4.39 Å². The summed E-state index contributed by atoms with van der Waals surface area (Å²) in [5.41, 5.74) is 1.79. The first-order chi connectivity index (χ1) is 8.58. The van der Waals surface area contributed by atoms with Crippen molar-refractivity contribution in [1.82, 2.24) is 5.32 Å². The molecule has 0 aromatic heterocycles. The summed E-state index contributed by atoms with van der Waals surface area (Å²) in [6.45, 7) is 9.03. The van der Waals surface area contributed by atoms with Gasteiger partial charge in [0.2, 0.25) is 0 Å². The highest BCUT2D eigenvalue weighted by atomic mass is 35.5. The van der Waals surface area contributed by atoms with Crippen molar-refractivity contribution in [1.29, 1.82) is 0 Å². The average molecular weight is 270 g/mol. The summed E-state index contributed by atoms with van der Waals surface area (Å²) in [5.74, 6) is -0.250. The van der Waals surface area contributed by atoms with E-state index < -0.39 is 0 Å². The van der Waals surface area contributed by atoms with Crippen LogP contribution in [0.5, 0.6) is 0 Å². The monoisotopic (exact) mass is 269 g/mol. The summed E-state index contributed by atoms with van der Waals surface area (Å²) < 4.78 is 13.9. The molecular formula is C15H21ClFN. The summed E-state index contributed by atoms with van der Waals surface area (Å²) in [6, 6.07) is 4.84. The number of halogens is 2. The summed E-state index contributed by atoms with van der Waals surface area (Å²) >= 11 is 5.78. The van der Waals surface area contributed by atoms with Gasteiger partial charge in [0.25, 0.3) is 0 Å². The zero-order valence-electron chi connectivity index (χ0n) is 11.1. The molecule has 1 N–H and O–H groups in total. The molecule has 18 heavy (non-hydrogen) atoms. The average Bonchev–Trinajstić information content (AvgIpc) is 2.34. The van der Waals surface area contributed by atoms with E-state index >= 15 is 0 Å². The van der Waals surface area contributed by atoms with E-state index in [9.17, 15) is 4.39 Å². The van der Waals surface area contributed by atoms with Crippen LogP contribution in [-0.2, 0) is 0 Å². The van der Waals surface area contributed by atoms with Gasteiger partial charge in [-0.15, -0.1) is 0 Å². The van der Waals surface area contributed by atoms with E-state index in [1.807, 2.05) is 0 Å². The van der Waals surface area contributed by atoms with Gasteiger partial charge in [-0.25, -0.2) is 4.39 Å². The second-order valence-corrected chi connectivity index (χ2v) is 4.92. The molecule has 1 unspecified atom stereocenters. The van der Waals surface area contributed by atoms with E-state index in [2.05, 4.69) is 25.7 Å². The topological polar surface area (TPSA) is 12.0 Å². The van der Waals surface area contributed by atoms with Gasteiger partial charge in [0, 0.05) is 16.6 Å². The van der Waals surface area contributed by atoms with Crippen molar-refractivity contribution in [2.75, 3.05) is 6.54 Å². The summed E-state index contributed by atoms with van der Waals surface area (Å²) in [5, 5.41) is 3.80. The van der Waals surface area contributed by atoms with Crippen LogP contribution in [0.25, 0.3) is 0 Å². The molecule has 0 aliphatic rings. The highest BCUT2D eigenvalue weighted by Gasteiger charge is 2.16. The third kappa shape index (κ3) is 4.43. The van der Waals surface area contributed by atoms with Crippen LogP contribution in [0.1, 0.15) is 44.7 Å². The van der Waals surface area contributed by atoms with Crippen molar-refractivity contribution in [3.8, 4) is 0 Å². The van der Waals surface area contributed by atoms with Crippen LogP contribution in [0.15, 0.2) is 30.4 Å².